The molecule has 0 saturated heterocycles. The Bertz CT molecular complexity index is 1250. The van der Waals surface area contributed by atoms with E-state index in [2.05, 4.69) is 25.9 Å². The van der Waals surface area contributed by atoms with Crippen LogP contribution in [-0.2, 0) is 12.8 Å². The lowest BCUT2D eigenvalue weighted by molar-refractivity contribution is 0.0988. The Morgan fingerprint density at radius 2 is 1.70 bits per heavy atom. The maximum atomic E-state index is 14.7. The molecule has 0 amide bonds. The molecule has 0 atom stereocenters. The van der Waals surface area contributed by atoms with Gasteiger partial charge in [0.2, 0.25) is 0 Å². The molecule has 0 unspecified atom stereocenters. The van der Waals surface area contributed by atoms with Gasteiger partial charge in [0.1, 0.15) is 11.3 Å². The van der Waals surface area contributed by atoms with Gasteiger partial charge in [0.25, 0.3) is 0 Å². The van der Waals surface area contributed by atoms with Crippen LogP contribution in [0.15, 0.2) is 53.0 Å². The third-order valence-electron chi connectivity index (χ3n) is 4.69. The minimum absolute atomic E-state index is 0.0502. The van der Waals surface area contributed by atoms with Gasteiger partial charge in [-0.05, 0) is 41.5 Å². The van der Waals surface area contributed by atoms with Gasteiger partial charge in [-0.15, -0.1) is 0 Å². The van der Waals surface area contributed by atoms with E-state index >= 15 is 0 Å². The largest absolute Gasteiger partial charge is 0.342 e. The Labute approximate surface area is 189 Å². The Morgan fingerprint density at radius 1 is 1.03 bits per heavy atom. The van der Waals surface area contributed by atoms with Gasteiger partial charge in [0.05, 0.1) is 11.1 Å². The Morgan fingerprint density at radius 3 is 2.37 bits per heavy atom. The Hall–Kier alpha value is -2.28. The number of nitrogens with zero attached hydrogens (tertiary/aromatic N) is 1. The SMILES string of the molecule is O=C(Cc1ccc(Br)cc1)c1cc2[nH]c(Cc3c(Cl)cccc3Cl)nc2c(F)c1F. The van der Waals surface area contributed by atoms with E-state index in [-0.39, 0.29) is 29.4 Å². The minimum Gasteiger partial charge on any atom is -0.342 e. The van der Waals surface area contributed by atoms with Crippen molar-refractivity contribution in [2.75, 3.05) is 0 Å². The molecule has 0 bridgehead atoms. The van der Waals surface area contributed by atoms with Crippen LogP contribution in [0.3, 0.4) is 0 Å². The van der Waals surface area contributed by atoms with Crippen LogP contribution in [0.25, 0.3) is 11.0 Å². The predicted octanol–water partition coefficient (Wildman–Crippen LogP) is 6.93. The van der Waals surface area contributed by atoms with E-state index in [0.717, 1.165) is 4.47 Å². The van der Waals surface area contributed by atoms with Crippen molar-refractivity contribution >= 4 is 55.9 Å². The van der Waals surface area contributed by atoms with Gasteiger partial charge in [-0.25, -0.2) is 13.8 Å². The van der Waals surface area contributed by atoms with Gasteiger partial charge < -0.3 is 4.98 Å². The summed E-state index contributed by atoms with van der Waals surface area (Å²) in [5, 5.41) is 0.889. The highest BCUT2D eigenvalue weighted by Crippen LogP contribution is 2.28. The van der Waals surface area contributed by atoms with E-state index in [0.29, 0.717) is 27.0 Å². The number of hydrogen-bond donors (Lipinski definition) is 1. The topological polar surface area (TPSA) is 45.8 Å². The number of aromatic nitrogens is 2. The molecule has 0 saturated carbocycles. The van der Waals surface area contributed by atoms with Gasteiger partial charge in [0, 0.05) is 27.4 Å². The van der Waals surface area contributed by atoms with Gasteiger partial charge >= 0.3 is 0 Å². The summed E-state index contributed by atoms with van der Waals surface area (Å²) >= 11 is 15.7. The highest BCUT2D eigenvalue weighted by molar-refractivity contribution is 9.10. The van der Waals surface area contributed by atoms with Crippen molar-refractivity contribution in [3.05, 3.63) is 97.2 Å². The fourth-order valence-electron chi connectivity index (χ4n) is 3.18. The van der Waals surface area contributed by atoms with Crippen LogP contribution in [0.2, 0.25) is 10.0 Å². The molecule has 0 aliphatic heterocycles. The van der Waals surface area contributed by atoms with Gasteiger partial charge in [-0.2, -0.15) is 0 Å². The summed E-state index contributed by atoms with van der Waals surface area (Å²) < 4.78 is 30.1. The molecule has 0 aliphatic rings. The lowest BCUT2D eigenvalue weighted by Gasteiger charge is -2.05. The molecule has 30 heavy (non-hydrogen) atoms. The van der Waals surface area contributed by atoms with Crippen molar-refractivity contribution < 1.29 is 13.6 Å². The summed E-state index contributed by atoms with van der Waals surface area (Å²) in [5.41, 5.74) is 1.04. The van der Waals surface area contributed by atoms with Crippen LogP contribution >= 0.6 is 39.1 Å². The number of ketones is 1. The number of halogens is 5. The summed E-state index contributed by atoms with van der Waals surface area (Å²) in [5.74, 6) is -2.55. The van der Waals surface area contributed by atoms with E-state index < -0.39 is 17.4 Å². The highest BCUT2D eigenvalue weighted by Gasteiger charge is 2.22. The first-order valence-corrected chi connectivity index (χ1v) is 10.5. The molecule has 0 radical (unpaired) electrons. The molecule has 152 valence electrons. The van der Waals surface area contributed by atoms with E-state index in [1.807, 2.05) is 0 Å². The summed E-state index contributed by atoms with van der Waals surface area (Å²) in [6.07, 6.45) is 0.155. The average molecular weight is 510 g/mol. The number of imidazole rings is 1. The minimum atomic E-state index is -1.21. The highest BCUT2D eigenvalue weighted by atomic mass is 79.9. The smallest absolute Gasteiger partial charge is 0.187 e. The zero-order chi connectivity index (χ0) is 21.4. The summed E-state index contributed by atoms with van der Waals surface area (Å²) in [7, 11) is 0. The van der Waals surface area contributed by atoms with Crippen LogP contribution in [0.4, 0.5) is 8.78 Å². The van der Waals surface area contributed by atoms with Crippen molar-refractivity contribution in [2.45, 2.75) is 12.8 Å². The number of aromatic amines is 1. The number of carbonyl (C=O) groups excluding carboxylic acids is 1. The molecule has 4 rings (SSSR count). The zero-order valence-corrected chi connectivity index (χ0v) is 18.4. The number of benzene rings is 3. The normalized spacial score (nSPS) is 11.2. The lowest BCUT2D eigenvalue weighted by Crippen LogP contribution is -2.08. The first kappa shape index (κ1) is 21.0. The first-order valence-electron chi connectivity index (χ1n) is 8.90. The molecule has 0 aliphatic carbocycles. The number of fused-ring (bicyclic) bond motifs is 1. The monoisotopic (exact) mass is 508 g/mol. The van der Waals surface area contributed by atoms with Gasteiger partial charge in [-0.3, -0.25) is 4.79 Å². The third kappa shape index (κ3) is 4.13. The van der Waals surface area contributed by atoms with Crippen LogP contribution in [0.1, 0.15) is 27.3 Å². The zero-order valence-electron chi connectivity index (χ0n) is 15.3. The molecular weight excluding hydrogens is 497 g/mol. The van der Waals surface area contributed by atoms with Crippen LogP contribution in [-0.4, -0.2) is 15.8 Å². The predicted molar refractivity (Wildman–Crippen MR) is 117 cm³/mol. The number of carbonyl (C=O) groups is 1. The maximum Gasteiger partial charge on any atom is 0.187 e. The third-order valence-corrected chi connectivity index (χ3v) is 5.93. The number of H-pyrrole nitrogens is 1. The number of rotatable bonds is 5. The van der Waals surface area contributed by atoms with Crippen molar-refractivity contribution in [2.24, 2.45) is 0 Å². The summed E-state index contributed by atoms with van der Waals surface area (Å²) in [6, 6.07) is 13.4. The fourth-order valence-corrected chi connectivity index (χ4v) is 3.97. The maximum absolute atomic E-state index is 14.7. The summed E-state index contributed by atoms with van der Waals surface area (Å²) in [6.45, 7) is 0. The second-order valence-corrected chi connectivity index (χ2v) is 8.47. The molecule has 3 nitrogen and oxygen atoms in total. The van der Waals surface area contributed by atoms with Crippen molar-refractivity contribution in [1.29, 1.82) is 0 Å². The fraction of sp³-hybridized carbons (Fsp3) is 0.0909. The Kier molecular flexibility index (Phi) is 5.91. The molecule has 1 heterocycles. The summed E-state index contributed by atoms with van der Waals surface area (Å²) in [4.78, 5) is 19.7. The lowest BCUT2D eigenvalue weighted by atomic mass is 10.0. The molecule has 4 aromatic rings. The molecule has 0 fully saturated rings. The van der Waals surface area contributed by atoms with Crippen molar-refractivity contribution in [1.82, 2.24) is 9.97 Å². The second-order valence-electron chi connectivity index (χ2n) is 6.74. The van der Waals surface area contributed by atoms with Crippen molar-refractivity contribution in [3.63, 3.8) is 0 Å². The van der Waals surface area contributed by atoms with E-state index in [4.69, 9.17) is 23.2 Å². The van der Waals surface area contributed by atoms with Gasteiger partial charge in [-0.1, -0.05) is 57.3 Å². The molecular formula is C22H13BrCl2F2N2O. The standard InChI is InChI=1S/C22H13BrCl2F2N2O/c23-12-6-4-11(5-7-12)8-18(30)14-9-17-22(21(27)20(14)26)29-19(28-17)10-13-15(24)2-1-3-16(13)25/h1-7,9H,8,10H2,(H,28,29). The molecule has 0 spiro atoms. The molecule has 8 heteroatoms. The molecule has 3 aromatic carbocycles. The number of Topliss-reactive ketones (excluding diaryl/α,β-unsaturated/α-hetero) is 1. The number of hydrogen-bond acceptors (Lipinski definition) is 2. The average Bonchev–Trinajstić information content (AvgIpc) is 3.12. The van der Waals surface area contributed by atoms with E-state index in [1.54, 1.807) is 42.5 Å². The second kappa shape index (κ2) is 8.46. The van der Waals surface area contributed by atoms with Crippen LogP contribution in [0.5, 0.6) is 0 Å². The van der Waals surface area contributed by atoms with Crippen molar-refractivity contribution in [3.8, 4) is 0 Å². The quantitative estimate of drug-likeness (QED) is 0.296. The van der Waals surface area contributed by atoms with Gasteiger partial charge in [0.15, 0.2) is 17.4 Å². The van der Waals surface area contributed by atoms with Crippen LogP contribution in [0, 0.1) is 11.6 Å². The Balaban J connectivity index is 1.68. The first-order chi connectivity index (χ1) is 14.3. The molecule has 1 aromatic heterocycles. The number of nitrogens with one attached hydrogen (secondary N) is 1. The van der Waals surface area contributed by atoms with E-state index in [9.17, 15) is 13.6 Å². The van der Waals surface area contributed by atoms with Crippen LogP contribution < -0.4 is 0 Å². The molecule has 1 N–H and O–H groups in total. The van der Waals surface area contributed by atoms with E-state index in [1.165, 1.54) is 6.07 Å².